The minimum absolute atomic E-state index is 0.0188. The second-order valence-electron chi connectivity index (χ2n) is 2.79. The molecule has 0 heterocycles. The minimum Gasteiger partial charge on any atom is -0.390 e. The lowest BCUT2D eigenvalue weighted by molar-refractivity contribution is -0.120. The molecule has 0 saturated heterocycles. The summed E-state index contributed by atoms with van der Waals surface area (Å²) >= 11 is 0. The van der Waals surface area contributed by atoms with Gasteiger partial charge in [-0.25, -0.2) is 0 Å². The van der Waals surface area contributed by atoms with Gasteiger partial charge in [-0.2, -0.15) is 4.91 Å². The molecular weight excluding hydrogens is 198 g/mol. The molecule has 5 N–H and O–H groups in total. The van der Waals surface area contributed by atoms with Crippen LogP contribution in [-0.2, 0) is 4.79 Å². The van der Waals surface area contributed by atoms with E-state index < -0.39 is 0 Å². The van der Waals surface area contributed by atoms with Crippen molar-refractivity contribution in [3.8, 4) is 0 Å². The van der Waals surface area contributed by atoms with Crippen molar-refractivity contribution in [2.75, 3.05) is 20.1 Å². The molecule has 0 bridgehead atoms. The quantitative estimate of drug-likeness (QED) is 0.240. The smallest absolute Gasteiger partial charge is 0.222 e. The SMILES string of the molecule is CN/C(=C\NN)CCNC(=O)CCN=O. The van der Waals surface area contributed by atoms with Crippen molar-refractivity contribution in [3.05, 3.63) is 16.8 Å². The van der Waals surface area contributed by atoms with Crippen LogP contribution in [0.1, 0.15) is 12.8 Å². The van der Waals surface area contributed by atoms with E-state index in [9.17, 15) is 9.70 Å². The Morgan fingerprint density at radius 2 is 2.20 bits per heavy atom. The monoisotopic (exact) mass is 215 g/mol. The summed E-state index contributed by atoms with van der Waals surface area (Å²) in [6.45, 7) is 0.511. The molecule has 0 aliphatic heterocycles. The second kappa shape index (κ2) is 8.95. The van der Waals surface area contributed by atoms with Gasteiger partial charge in [-0.1, -0.05) is 5.18 Å². The Bertz CT molecular complexity index is 229. The van der Waals surface area contributed by atoms with Gasteiger partial charge in [-0.15, -0.1) is 0 Å². The van der Waals surface area contributed by atoms with Crippen LogP contribution in [0.4, 0.5) is 0 Å². The van der Waals surface area contributed by atoms with Gasteiger partial charge >= 0.3 is 0 Å². The summed E-state index contributed by atoms with van der Waals surface area (Å²) in [5, 5.41) is 8.18. The number of nitrogens with zero attached hydrogens (tertiary/aromatic N) is 1. The van der Waals surface area contributed by atoms with Crippen LogP contribution in [0.3, 0.4) is 0 Å². The molecule has 0 aliphatic carbocycles. The van der Waals surface area contributed by atoms with Gasteiger partial charge in [0.1, 0.15) is 0 Å². The van der Waals surface area contributed by atoms with E-state index in [4.69, 9.17) is 5.84 Å². The summed E-state index contributed by atoms with van der Waals surface area (Å²) in [5.74, 6) is 4.93. The van der Waals surface area contributed by atoms with Crippen molar-refractivity contribution < 1.29 is 4.79 Å². The molecule has 0 radical (unpaired) electrons. The van der Waals surface area contributed by atoms with Gasteiger partial charge in [0.2, 0.25) is 5.91 Å². The van der Waals surface area contributed by atoms with Crippen molar-refractivity contribution in [2.45, 2.75) is 12.8 Å². The third-order valence-electron chi connectivity index (χ3n) is 1.73. The summed E-state index contributed by atoms with van der Waals surface area (Å²) in [5.41, 5.74) is 3.28. The van der Waals surface area contributed by atoms with Crippen LogP contribution >= 0.6 is 0 Å². The Hall–Kier alpha value is -1.63. The first-order valence-corrected chi connectivity index (χ1v) is 4.63. The lowest BCUT2D eigenvalue weighted by atomic mass is 10.3. The molecule has 0 spiro atoms. The van der Waals surface area contributed by atoms with E-state index in [1.807, 2.05) is 0 Å². The molecule has 0 aromatic rings. The molecule has 7 nitrogen and oxygen atoms in total. The van der Waals surface area contributed by atoms with E-state index in [0.717, 1.165) is 5.70 Å². The number of carbonyl (C=O) groups is 1. The van der Waals surface area contributed by atoms with Crippen LogP contribution in [0.25, 0.3) is 0 Å². The lowest BCUT2D eigenvalue weighted by Gasteiger charge is -2.07. The molecule has 0 aromatic carbocycles. The number of nitrogens with two attached hydrogens (primary N) is 1. The van der Waals surface area contributed by atoms with Crippen molar-refractivity contribution in [3.63, 3.8) is 0 Å². The third-order valence-corrected chi connectivity index (χ3v) is 1.73. The van der Waals surface area contributed by atoms with Crippen LogP contribution in [0.5, 0.6) is 0 Å². The molecule has 0 unspecified atom stereocenters. The van der Waals surface area contributed by atoms with Crippen LogP contribution in [0.15, 0.2) is 17.1 Å². The van der Waals surface area contributed by atoms with E-state index in [1.54, 1.807) is 13.2 Å². The summed E-state index contributed by atoms with van der Waals surface area (Å²) in [4.78, 5) is 20.8. The Kier molecular flexibility index (Phi) is 7.97. The first-order valence-electron chi connectivity index (χ1n) is 4.63. The van der Waals surface area contributed by atoms with E-state index >= 15 is 0 Å². The summed E-state index contributed by atoms with van der Waals surface area (Å²) in [6, 6.07) is 0. The summed E-state index contributed by atoms with van der Waals surface area (Å²) < 4.78 is 0. The largest absolute Gasteiger partial charge is 0.390 e. The van der Waals surface area contributed by atoms with Gasteiger partial charge in [-0.05, 0) is 0 Å². The van der Waals surface area contributed by atoms with Crippen LogP contribution in [0, 0.1) is 4.91 Å². The average Bonchev–Trinajstić information content (AvgIpc) is 2.25. The maximum absolute atomic E-state index is 11.0. The van der Waals surface area contributed by atoms with E-state index in [0.29, 0.717) is 13.0 Å². The zero-order valence-electron chi connectivity index (χ0n) is 8.75. The fourth-order valence-electron chi connectivity index (χ4n) is 0.942. The third kappa shape index (κ3) is 7.44. The molecule has 0 fully saturated rings. The standard InChI is InChI=1S/C8H17N5O2/c1-10-7(6-12-9)2-4-11-8(14)3-5-13-15/h6,10,12H,2-5,9H2,1H3,(H,11,14)/b7-6-. The van der Waals surface area contributed by atoms with Crippen molar-refractivity contribution in [1.29, 1.82) is 0 Å². The van der Waals surface area contributed by atoms with E-state index in [2.05, 4.69) is 21.2 Å². The average molecular weight is 215 g/mol. The zero-order valence-corrected chi connectivity index (χ0v) is 8.75. The highest BCUT2D eigenvalue weighted by Crippen LogP contribution is 1.92. The molecule has 0 saturated carbocycles. The number of hydrogen-bond donors (Lipinski definition) is 4. The maximum atomic E-state index is 11.0. The fourth-order valence-corrected chi connectivity index (χ4v) is 0.942. The first kappa shape index (κ1) is 13.4. The van der Waals surface area contributed by atoms with Gasteiger partial charge in [0.25, 0.3) is 0 Å². The number of nitroso groups, excluding NO2 is 1. The number of nitrogens with one attached hydrogen (secondary N) is 3. The first-order chi connectivity index (χ1) is 7.24. The second-order valence-corrected chi connectivity index (χ2v) is 2.79. The molecule has 86 valence electrons. The number of carbonyl (C=O) groups excluding carboxylic acids is 1. The molecule has 0 atom stereocenters. The molecule has 0 aliphatic rings. The Balaban J connectivity index is 3.63. The maximum Gasteiger partial charge on any atom is 0.222 e. The Morgan fingerprint density at radius 1 is 1.47 bits per heavy atom. The molecule has 7 heteroatoms. The fraction of sp³-hybridized carbons (Fsp3) is 0.625. The van der Waals surface area contributed by atoms with Crippen molar-refractivity contribution in [2.24, 2.45) is 11.0 Å². The topological polar surface area (TPSA) is 109 Å². The summed E-state index contributed by atoms with van der Waals surface area (Å²) in [6.07, 6.45) is 2.39. The van der Waals surface area contributed by atoms with Crippen LogP contribution in [0.2, 0.25) is 0 Å². The minimum atomic E-state index is -0.175. The normalized spacial score (nSPS) is 10.7. The van der Waals surface area contributed by atoms with Crippen molar-refractivity contribution in [1.82, 2.24) is 16.1 Å². The van der Waals surface area contributed by atoms with Crippen molar-refractivity contribution >= 4 is 5.91 Å². The van der Waals surface area contributed by atoms with Gasteiger partial charge < -0.3 is 16.1 Å². The Morgan fingerprint density at radius 3 is 2.73 bits per heavy atom. The molecule has 0 rings (SSSR count). The predicted molar refractivity (Wildman–Crippen MR) is 57.4 cm³/mol. The van der Waals surface area contributed by atoms with Gasteiger partial charge in [-0.3, -0.25) is 10.6 Å². The summed E-state index contributed by atoms with van der Waals surface area (Å²) in [7, 11) is 1.77. The number of rotatable bonds is 8. The van der Waals surface area contributed by atoms with E-state index in [1.165, 1.54) is 0 Å². The van der Waals surface area contributed by atoms with Crippen LogP contribution in [-0.4, -0.2) is 26.0 Å². The zero-order chi connectivity index (χ0) is 11.5. The highest BCUT2D eigenvalue weighted by atomic mass is 16.3. The van der Waals surface area contributed by atoms with Crippen LogP contribution < -0.4 is 21.9 Å². The predicted octanol–water partition coefficient (Wildman–Crippen LogP) is -0.827. The highest BCUT2D eigenvalue weighted by Gasteiger charge is 2.00. The number of amides is 1. The van der Waals surface area contributed by atoms with Gasteiger partial charge in [0, 0.05) is 38.3 Å². The van der Waals surface area contributed by atoms with Gasteiger partial charge in [0.05, 0.1) is 6.54 Å². The molecular formula is C8H17N5O2. The highest BCUT2D eigenvalue weighted by molar-refractivity contribution is 5.76. The Labute approximate surface area is 88.4 Å². The van der Waals surface area contributed by atoms with Gasteiger partial charge in [0.15, 0.2) is 0 Å². The molecule has 0 aromatic heterocycles. The number of hydrogen-bond acceptors (Lipinski definition) is 6. The molecule has 1 amide bonds. The van der Waals surface area contributed by atoms with E-state index in [-0.39, 0.29) is 18.9 Å². The molecule has 15 heavy (non-hydrogen) atoms. The lowest BCUT2D eigenvalue weighted by Crippen LogP contribution is -2.27. The number of hydrazine groups is 1.